The number of pyridine rings is 1. The first kappa shape index (κ1) is 19.8. The Balaban J connectivity index is 0. The average Bonchev–Trinajstić information content (AvgIpc) is 2.49. The number of hydrogen-bond acceptors (Lipinski definition) is 1. The smallest absolute Gasteiger partial charge is 0.256 e. The molecule has 0 fully saturated rings. The van der Waals surface area contributed by atoms with Crippen molar-refractivity contribution in [1.29, 1.82) is 0 Å². The molecule has 0 unspecified atom stereocenters. The Bertz CT molecular complexity index is 512. The SMILES string of the molecule is CC.CC.CC.Cc1ccc2cc[nH]c(=O)c2c1C. The zero-order chi connectivity index (χ0) is 15.4. The van der Waals surface area contributed by atoms with E-state index in [-0.39, 0.29) is 5.56 Å². The summed E-state index contributed by atoms with van der Waals surface area (Å²) in [5.41, 5.74) is 2.22. The van der Waals surface area contributed by atoms with E-state index in [1.165, 1.54) is 0 Å². The van der Waals surface area contributed by atoms with E-state index in [4.69, 9.17) is 0 Å². The predicted octanol–water partition coefficient (Wildman–Crippen LogP) is 5.22. The summed E-state index contributed by atoms with van der Waals surface area (Å²) >= 11 is 0. The topological polar surface area (TPSA) is 32.9 Å². The number of benzene rings is 1. The molecule has 0 bridgehead atoms. The van der Waals surface area contributed by atoms with Crippen LogP contribution in [0.3, 0.4) is 0 Å². The van der Waals surface area contributed by atoms with Gasteiger partial charge in [0, 0.05) is 6.20 Å². The molecule has 0 spiro atoms. The summed E-state index contributed by atoms with van der Waals surface area (Å²) in [6, 6.07) is 5.94. The maximum Gasteiger partial charge on any atom is 0.256 e. The van der Waals surface area contributed by atoms with Gasteiger partial charge in [0.15, 0.2) is 0 Å². The lowest BCUT2D eigenvalue weighted by Crippen LogP contribution is -2.06. The molecule has 0 saturated heterocycles. The van der Waals surface area contributed by atoms with Gasteiger partial charge in [-0.2, -0.15) is 0 Å². The van der Waals surface area contributed by atoms with Crippen molar-refractivity contribution in [2.24, 2.45) is 0 Å². The van der Waals surface area contributed by atoms with Gasteiger partial charge in [-0.15, -0.1) is 0 Å². The summed E-state index contributed by atoms with van der Waals surface area (Å²) in [6.07, 6.45) is 1.68. The molecule has 2 rings (SSSR count). The van der Waals surface area contributed by atoms with Crippen LogP contribution in [0.25, 0.3) is 10.8 Å². The molecule has 0 aliphatic heterocycles. The minimum atomic E-state index is -0.00120. The molecule has 19 heavy (non-hydrogen) atoms. The van der Waals surface area contributed by atoms with Gasteiger partial charge in [0.25, 0.3) is 5.56 Å². The Kier molecular flexibility index (Phi) is 12.0. The third-order valence-electron chi connectivity index (χ3n) is 2.47. The number of aryl methyl sites for hydroxylation is 2. The first-order valence-electron chi connectivity index (χ1n) is 7.28. The summed E-state index contributed by atoms with van der Waals surface area (Å²) in [5, 5.41) is 1.81. The molecule has 0 amide bonds. The standard InChI is InChI=1S/C11H11NO.3C2H6/c1-7-3-4-9-5-6-12-11(13)10(9)8(7)2;3*1-2/h3-6H,1-2H3,(H,12,13);3*1-2H3. The van der Waals surface area contributed by atoms with Crippen molar-refractivity contribution in [2.45, 2.75) is 55.4 Å². The molecule has 1 heterocycles. The molecule has 1 aromatic heterocycles. The maximum absolute atomic E-state index is 11.5. The van der Waals surface area contributed by atoms with Crippen molar-refractivity contribution in [2.75, 3.05) is 0 Å². The molecule has 108 valence electrons. The Labute approximate surface area is 117 Å². The minimum Gasteiger partial charge on any atom is -0.329 e. The first-order chi connectivity index (χ1) is 9.20. The second kappa shape index (κ2) is 11.5. The van der Waals surface area contributed by atoms with Crippen LogP contribution in [-0.2, 0) is 0 Å². The molecule has 0 aliphatic carbocycles. The molecular weight excluding hydrogens is 234 g/mol. The fourth-order valence-electron chi connectivity index (χ4n) is 1.56. The van der Waals surface area contributed by atoms with Crippen LogP contribution < -0.4 is 5.56 Å². The quantitative estimate of drug-likeness (QED) is 0.694. The molecule has 0 atom stereocenters. The lowest BCUT2D eigenvalue weighted by atomic mass is 10.0. The lowest BCUT2D eigenvalue weighted by Gasteiger charge is -2.03. The van der Waals surface area contributed by atoms with Crippen LogP contribution in [0.4, 0.5) is 0 Å². The molecule has 2 nitrogen and oxygen atoms in total. The van der Waals surface area contributed by atoms with Gasteiger partial charge in [-0.1, -0.05) is 53.7 Å². The third kappa shape index (κ3) is 5.29. The van der Waals surface area contributed by atoms with Gasteiger partial charge in [-0.25, -0.2) is 0 Å². The van der Waals surface area contributed by atoms with Crippen LogP contribution in [0.2, 0.25) is 0 Å². The fraction of sp³-hybridized carbons (Fsp3) is 0.471. The van der Waals surface area contributed by atoms with Gasteiger partial charge in [0.2, 0.25) is 0 Å². The predicted molar refractivity (Wildman–Crippen MR) is 88.1 cm³/mol. The van der Waals surface area contributed by atoms with Crippen LogP contribution in [0, 0.1) is 13.8 Å². The minimum absolute atomic E-state index is 0.00120. The van der Waals surface area contributed by atoms with Crippen molar-refractivity contribution < 1.29 is 0 Å². The molecular formula is C17H29NO. The van der Waals surface area contributed by atoms with Gasteiger partial charge < -0.3 is 4.98 Å². The van der Waals surface area contributed by atoms with Gasteiger partial charge in [0.05, 0.1) is 5.39 Å². The van der Waals surface area contributed by atoms with Crippen molar-refractivity contribution in [3.63, 3.8) is 0 Å². The largest absolute Gasteiger partial charge is 0.329 e. The molecule has 2 heteroatoms. The molecule has 0 saturated carbocycles. The van der Waals surface area contributed by atoms with Gasteiger partial charge >= 0.3 is 0 Å². The van der Waals surface area contributed by atoms with Crippen LogP contribution in [-0.4, -0.2) is 4.98 Å². The normalized spacial score (nSPS) is 8.21. The number of H-pyrrole nitrogens is 1. The Morgan fingerprint density at radius 1 is 0.842 bits per heavy atom. The second-order valence-corrected chi connectivity index (χ2v) is 3.28. The van der Waals surface area contributed by atoms with E-state index in [0.717, 1.165) is 21.9 Å². The van der Waals surface area contributed by atoms with Crippen molar-refractivity contribution in [3.05, 3.63) is 45.9 Å². The fourth-order valence-corrected chi connectivity index (χ4v) is 1.56. The van der Waals surface area contributed by atoms with E-state index in [9.17, 15) is 4.79 Å². The van der Waals surface area contributed by atoms with Crippen LogP contribution in [0.1, 0.15) is 52.7 Å². The van der Waals surface area contributed by atoms with E-state index in [0.29, 0.717) is 0 Å². The van der Waals surface area contributed by atoms with Crippen molar-refractivity contribution in [1.82, 2.24) is 4.98 Å². The number of fused-ring (bicyclic) bond motifs is 1. The van der Waals surface area contributed by atoms with Crippen LogP contribution >= 0.6 is 0 Å². The number of rotatable bonds is 0. The Morgan fingerprint density at radius 2 is 1.37 bits per heavy atom. The summed E-state index contributed by atoms with van der Waals surface area (Å²) in [6.45, 7) is 16.0. The van der Waals surface area contributed by atoms with Crippen LogP contribution in [0.15, 0.2) is 29.2 Å². The number of hydrogen-bond donors (Lipinski definition) is 1. The maximum atomic E-state index is 11.5. The van der Waals surface area contributed by atoms with E-state index in [1.807, 2.05) is 73.6 Å². The van der Waals surface area contributed by atoms with E-state index in [1.54, 1.807) is 6.20 Å². The highest BCUT2D eigenvalue weighted by molar-refractivity contribution is 5.85. The average molecular weight is 263 g/mol. The lowest BCUT2D eigenvalue weighted by molar-refractivity contribution is 1.25. The highest BCUT2D eigenvalue weighted by Gasteiger charge is 2.02. The van der Waals surface area contributed by atoms with Gasteiger partial charge in [-0.05, 0) is 36.4 Å². The van der Waals surface area contributed by atoms with Crippen molar-refractivity contribution >= 4 is 10.8 Å². The van der Waals surface area contributed by atoms with E-state index in [2.05, 4.69) is 4.98 Å². The Morgan fingerprint density at radius 3 is 1.89 bits per heavy atom. The Hall–Kier alpha value is -1.57. The first-order valence-corrected chi connectivity index (χ1v) is 7.28. The summed E-state index contributed by atoms with van der Waals surface area (Å²) in [7, 11) is 0. The molecule has 0 aliphatic rings. The van der Waals surface area contributed by atoms with Crippen LogP contribution in [0.5, 0.6) is 0 Å². The number of aromatic nitrogens is 1. The molecule has 0 radical (unpaired) electrons. The summed E-state index contributed by atoms with van der Waals surface area (Å²) in [4.78, 5) is 14.2. The molecule has 2 aromatic rings. The van der Waals surface area contributed by atoms with E-state index < -0.39 is 0 Å². The monoisotopic (exact) mass is 263 g/mol. The van der Waals surface area contributed by atoms with Gasteiger partial charge in [-0.3, -0.25) is 4.79 Å². The highest BCUT2D eigenvalue weighted by atomic mass is 16.1. The zero-order valence-electron chi connectivity index (χ0n) is 13.7. The van der Waals surface area contributed by atoms with Gasteiger partial charge in [0.1, 0.15) is 0 Å². The molecule has 1 aromatic carbocycles. The third-order valence-corrected chi connectivity index (χ3v) is 2.47. The molecule has 1 N–H and O–H groups in total. The second-order valence-electron chi connectivity index (χ2n) is 3.28. The number of nitrogens with one attached hydrogen (secondary N) is 1. The summed E-state index contributed by atoms with van der Waals surface area (Å²) in [5.74, 6) is 0. The highest BCUT2D eigenvalue weighted by Crippen LogP contribution is 2.16. The zero-order valence-corrected chi connectivity index (χ0v) is 13.7. The van der Waals surface area contributed by atoms with E-state index >= 15 is 0 Å². The number of aromatic amines is 1. The summed E-state index contributed by atoms with van der Waals surface area (Å²) < 4.78 is 0. The van der Waals surface area contributed by atoms with Crippen molar-refractivity contribution in [3.8, 4) is 0 Å².